The van der Waals surface area contributed by atoms with E-state index in [1.165, 1.54) is 0 Å². The van der Waals surface area contributed by atoms with Gasteiger partial charge in [-0.25, -0.2) is 14.9 Å². The first-order chi connectivity index (χ1) is 6.50. The molecule has 1 rings (SSSR count). The van der Waals surface area contributed by atoms with Gasteiger partial charge in [-0.1, -0.05) is 0 Å². The van der Waals surface area contributed by atoms with Crippen LogP contribution < -0.4 is 5.32 Å². The number of nitrogens with zero attached hydrogens (tertiary/aromatic N) is 1. The lowest BCUT2D eigenvalue weighted by atomic mass is 10.4. The fourth-order valence-electron chi connectivity index (χ4n) is 0.907. The zero-order chi connectivity index (χ0) is 10.7. The Kier molecular flexibility index (Phi) is 3.40. The van der Waals surface area contributed by atoms with Crippen LogP contribution in [-0.2, 0) is 5.11 Å². The molecular weight excluding hydrogens is 204 g/mol. The largest absolute Gasteiger partial charge is 0.450 e. The molecule has 5 nitrogen and oxygen atoms in total. The lowest BCUT2D eigenvalue weighted by Gasteiger charge is -2.04. The normalized spacial score (nSPS) is 12.5. The molecule has 1 aromatic rings. The Morgan fingerprint density at radius 2 is 2.29 bits per heavy atom. The van der Waals surface area contributed by atoms with Gasteiger partial charge in [0.25, 0.3) is 0 Å². The second-order valence-corrected chi connectivity index (χ2v) is 3.50. The van der Waals surface area contributed by atoms with Crippen molar-refractivity contribution < 1.29 is 14.3 Å². The van der Waals surface area contributed by atoms with Gasteiger partial charge >= 0.3 is 6.09 Å². The minimum atomic E-state index is -1.33. The predicted molar refractivity (Wildman–Crippen MR) is 51.8 cm³/mol. The van der Waals surface area contributed by atoms with Gasteiger partial charge in [0.1, 0.15) is 5.76 Å². The van der Waals surface area contributed by atoms with E-state index < -0.39 is 6.09 Å². The minimum Gasteiger partial charge on any atom is -0.444 e. The van der Waals surface area contributed by atoms with Gasteiger partial charge in [0.05, 0.1) is 10.9 Å². The molecule has 1 atom stereocenters. The number of hydrogen-bond acceptors (Lipinski definition) is 4. The summed E-state index contributed by atoms with van der Waals surface area (Å²) in [4.78, 5) is 14.2. The molecule has 0 fully saturated rings. The molecule has 0 saturated heterocycles. The van der Waals surface area contributed by atoms with Crippen LogP contribution in [0, 0.1) is 13.8 Å². The van der Waals surface area contributed by atoms with E-state index in [1.54, 1.807) is 6.92 Å². The third-order valence-electron chi connectivity index (χ3n) is 1.77. The molecule has 1 heterocycles. The summed E-state index contributed by atoms with van der Waals surface area (Å²) in [5.74, 6) is 1.13. The van der Waals surface area contributed by atoms with Gasteiger partial charge in [0.2, 0.25) is 5.89 Å². The van der Waals surface area contributed by atoms with Gasteiger partial charge < -0.3 is 9.73 Å². The number of carbonyl (C=O) groups is 1. The summed E-state index contributed by atoms with van der Waals surface area (Å²) in [6.07, 6.45) is -1.33. The zero-order valence-corrected chi connectivity index (χ0v) is 8.80. The summed E-state index contributed by atoms with van der Waals surface area (Å²) >= 11 is 4.14. The molecule has 1 radical (unpaired) electrons. The van der Waals surface area contributed by atoms with E-state index in [0.717, 1.165) is 5.69 Å². The van der Waals surface area contributed by atoms with Crippen molar-refractivity contribution in [3.05, 3.63) is 17.3 Å². The number of carbonyl (C=O) groups excluding carboxylic acids is 1. The highest BCUT2D eigenvalue weighted by atomic mass is 32.1. The van der Waals surface area contributed by atoms with Crippen molar-refractivity contribution >= 4 is 18.7 Å². The van der Waals surface area contributed by atoms with Gasteiger partial charge in [-0.15, -0.1) is 0 Å². The molecule has 1 amide bonds. The maximum atomic E-state index is 10.1. The molecule has 0 aromatic carbocycles. The van der Waals surface area contributed by atoms with Crippen molar-refractivity contribution in [1.29, 1.82) is 0 Å². The van der Waals surface area contributed by atoms with Gasteiger partial charge in [-0.2, -0.15) is 12.6 Å². The van der Waals surface area contributed by atoms with E-state index in [2.05, 4.69) is 22.9 Å². The van der Waals surface area contributed by atoms with Crippen molar-refractivity contribution in [2.45, 2.75) is 19.1 Å². The Morgan fingerprint density at radius 3 is 2.71 bits per heavy atom. The van der Waals surface area contributed by atoms with Crippen LogP contribution in [0.15, 0.2) is 4.42 Å². The molecule has 0 bridgehead atoms. The standard InChI is InChI=1S/C8H11N2O3S/c1-4-5(2)13-7(10-4)6(14)3-9-8(11)12/h6,9,14H,3H2,1-2H3. The molecule has 0 aliphatic rings. The number of aromatic nitrogens is 1. The first kappa shape index (κ1) is 10.9. The minimum absolute atomic E-state index is 0.116. The van der Waals surface area contributed by atoms with Gasteiger partial charge in [-0.05, 0) is 13.8 Å². The summed E-state index contributed by atoms with van der Waals surface area (Å²) in [5.41, 5.74) is 0.785. The van der Waals surface area contributed by atoms with Crippen molar-refractivity contribution in [2.24, 2.45) is 0 Å². The smallest absolute Gasteiger partial charge is 0.444 e. The first-order valence-corrected chi connectivity index (χ1v) is 4.59. The molecule has 0 aliphatic carbocycles. The molecule has 6 heteroatoms. The average molecular weight is 215 g/mol. The number of aryl methyl sites for hydroxylation is 2. The summed E-state index contributed by atoms with van der Waals surface area (Å²) in [5, 5.41) is 11.8. The summed E-state index contributed by atoms with van der Waals surface area (Å²) in [6.45, 7) is 3.72. The highest BCUT2D eigenvalue weighted by Crippen LogP contribution is 2.20. The van der Waals surface area contributed by atoms with E-state index in [9.17, 15) is 9.90 Å². The van der Waals surface area contributed by atoms with Crippen LogP contribution in [0.5, 0.6) is 0 Å². The highest BCUT2D eigenvalue weighted by Gasteiger charge is 2.15. The lowest BCUT2D eigenvalue weighted by molar-refractivity contribution is 0.168. The average Bonchev–Trinajstić information content (AvgIpc) is 2.43. The highest BCUT2D eigenvalue weighted by molar-refractivity contribution is 7.80. The molecule has 0 spiro atoms. The van der Waals surface area contributed by atoms with Crippen LogP contribution in [0.4, 0.5) is 4.79 Å². The third kappa shape index (κ3) is 2.66. The topological polar surface area (TPSA) is 75.0 Å². The number of rotatable bonds is 3. The van der Waals surface area contributed by atoms with Gasteiger partial charge in [-0.3, -0.25) is 0 Å². The quantitative estimate of drug-likeness (QED) is 0.748. The maximum absolute atomic E-state index is 10.1. The molecular formula is C8H11N2O3S. The summed E-state index contributed by atoms with van der Waals surface area (Å²) in [6, 6.07) is 0. The molecule has 1 unspecified atom stereocenters. The SMILES string of the molecule is Cc1nc(C(S)CNC([O])=O)oc1C. The van der Waals surface area contributed by atoms with E-state index in [4.69, 9.17) is 4.42 Å². The summed E-state index contributed by atoms with van der Waals surface area (Å²) < 4.78 is 5.27. The van der Waals surface area contributed by atoms with E-state index in [0.29, 0.717) is 11.7 Å². The third-order valence-corrected chi connectivity index (χ3v) is 2.17. The Balaban J connectivity index is 2.60. The van der Waals surface area contributed by atoms with E-state index >= 15 is 0 Å². The van der Waals surface area contributed by atoms with Crippen molar-refractivity contribution in [1.82, 2.24) is 10.3 Å². The van der Waals surface area contributed by atoms with Gasteiger partial charge in [0.15, 0.2) is 0 Å². The molecule has 0 saturated carbocycles. The number of nitrogens with one attached hydrogen (secondary N) is 1. The van der Waals surface area contributed by atoms with E-state index in [1.807, 2.05) is 6.92 Å². The number of thiol groups is 1. The van der Waals surface area contributed by atoms with Crippen molar-refractivity contribution in [3.63, 3.8) is 0 Å². The van der Waals surface area contributed by atoms with Crippen molar-refractivity contribution in [3.8, 4) is 0 Å². The maximum Gasteiger partial charge on any atom is 0.450 e. The van der Waals surface area contributed by atoms with Crippen LogP contribution in [-0.4, -0.2) is 17.6 Å². The fraction of sp³-hybridized carbons (Fsp3) is 0.500. The monoisotopic (exact) mass is 215 g/mol. The Hall–Kier alpha value is -1.17. The first-order valence-electron chi connectivity index (χ1n) is 4.07. The molecule has 14 heavy (non-hydrogen) atoms. The van der Waals surface area contributed by atoms with Crippen molar-refractivity contribution in [2.75, 3.05) is 6.54 Å². The van der Waals surface area contributed by atoms with E-state index in [-0.39, 0.29) is 11.8 Å². The van der Waals surface area contributed by atoms with Crippen LogP contribution >= 0.6 is 12.6 Å². The van der Waals surface area contributed by atoms with Crippen LogP contribution in [0.25, 0.3) is 0 Å². The molecule has 1 aromatic heterocycles. The Labute approximate surface area is 86.9 Å². The summed E-state index contributed by atoms with van der Waals surface area (Å²) in [7, 11) is 0. The molecule has 0 aliphatic heterocycles. The zero-order valence-electron chi connectivity index (χ0n) is 7.90. The van der Waals surface area contributed by atoms with Gasteiger partial charge in [0, 0.05) is 6.54 Å². The number of oxazole rings is 1. The van der Waals surface area contributed by atoms with Crippen LogP contribution in [0.1, 0.15) is 22.6 Å². The number of hydrogen-bond donors (Lipinski definition) is 2. The Bertz CT molecular complexity index is 318. The second kappa shape index (κ2) is 4.36. The van der Waals surface area contributed by atoms with Crippen LogP contribution in [0.3, 0.4) is 0 Å². The fourth-order valence-corrected chi connectivity index (χ4v) is 1.11. The Morgan fingerprint density at radius 1 is 1.64 bits per heavy atom. The molecule has 1 N–H and O–H groups in total. The molecule has 77 valence electrons. The number of amides is 1. The lowest BCUT2D eigenvalue weighted by Crippen LogP contribution is -2.23. The second-order valence-electron chi connectivity index (χ2n) is 2.88. The predicted octanol–water partition coefficient (Wildman–Crippen LogP) is 1.40. The van der Waals surface area contributed by atoms with Crippen LogP contribution in [0.2, 0.25) is 0 Å².